The molecular weight excluding hydrogens is 400 g/mol. The number of ketones is 4. The quantitative estimate of drug-likeness (QED) is 0.324. The van der Waals surface area contributed by atoms with Crippen LogP contribution in [0, 0.1) is 23.7 Å². The highest BCUT2D eigenvalue weighted by Crippen LogP contribution is 2.37. The maximum atomic E-state index is 13.2. The van der Waals surface area contributed by atoms with Crippen molar-refractivity contribution in [3.8, 4) is 0 Å². The Balaban J connectivity index is 1.66. The Morgan fingerprint density at radius 1 is 0.594 bits per heavy atom. The Morgan fingerprint density at radius 3 is 2.16 bits per heavy atom. The summed E-state index contributed by atoms with van der Waals surface area (Å²) in [5, 5.41) is 0. The lowest BCUT2D eigenvalue weighted by Gasteiger charge is -2.32. The van der Waals surface area contributed by atoms with Crippen molar-refractivity contribution in [2.24, 2.45) is 23.7 Å². The van der Waals surface area contributed by atoms with Crippen molar-refractivity contribution in [1.82, 2.24) is 0 Å². The highest BCUT2D eigenvalue weighted by molar-refractivity contribution is 6.39. The van der Waals surface area contributed by atoms with Crippen molar-refractivity contribution in [2.75, 3.05) is 0 Å². The van der Waals surface area contributed by atoms with Crippen molar-refractivity contribution in [1.29, 1.82) is 0 Å². The van der Waals surface area contributed by atoms with Crippen LogP contribution in [-0.4, -0.2) is 23.1 Å². The molecule has 4 unspecified atom stereocenters. The van der Waals surface area contributed by atoms with Crippen molar-refractivity contribution in [3.05, 3.63) is 12.2 Å². The Bertz CT molecular complexity index is 692. The molecule has 0 aliphatic heterocycles. The first kappa shape index (κ1) is 25.1. The molecule has 3 rings (SSSR count). The van der Waals surface area contributed by atoms with Crippen molar-refractivity contribution < 1.29 is 19.2 Å². The molecule has 2 fully saturated rings. The lowest BCUT2D eigenvalue weighted by atomic mass is 9.70. The zero-order valence-corrected chi connectivity index (χ0v) is 19.8. The topological polar surface area (TPSA) is 68.3 Å². The minimum Gasteiger partial charge on any atom is -0.299 e. The molecule has 0 aromatic rings. The van der Waals surface area contributed by atoms with Gasteiger partial charge in [-0.25, -0.2) is 0 Å². The van der Waals surface area contributed by atoms with E-state index in [1.165, 1.54) is 0 Å². The molecular formula is C28H42O4. The van der Waals surface area contributed by atoms with Gasteiger partial charge in [-0.1, -0.05) is 57.1 Å². The Labute approximate surface area is 194 Å². The van der Waals surface area contributed by atoms with E-state index < -0.39 is 0 Å². The molecule has 0 aromatic heterocycles. The van der Waals surface area contributed by atoms with Gasteiger partial charge >= 0.3 is 0 Å². The van der Waals surface area contributed by atoms with Gasteiger partial charge in [-0.05, 0) is 57.3 Å². The van der Waals surface area contributed by atoms with E-state index in [0.717, 1.165) is 89.9 Å². The number of hydrogen-bond acceptors (Lipinski definition) is 4. The Morgan fingerprint density at radius 2 is 1.31 bits per heavy atom. The summed E-state index contributed by atoms with van der Waals surface area (Å²) in [6, 6.07) is 0. The fourth-order valence-electron chi connectivity index (χ4n) is 6.12. The third-order valence-corrected chi connectivity index (χ3v) is 8.04. The molecule has 3 aliphatic carbocycles. The molecule has 2 bridgehead atoms. The highest BCUT2D eigenvalue weighted by atomic mass is 16.2. The van der Waals surface area contributed by atoms with Crippen LogP contribution in [-0.2, 0) is 19.2 Å². The van der Waals surface area contributed by atoms with Gasteiger partial charge in [0.1, 0.15) is 11.6 Å². The average molecular weight is 443 g/mol. The van der Waals surface area contributed by atoms with Crippen molar-refractivity contribution in [3.63, 3.8) is 0 Å². The molecule has 0 aromatic carbocycles. The number of carbonyl (C=O) groups excluding carboxylic acids is 4. The van der Waals surface area contributed by atoms with Gasteiger partial charge in [-0.3, -0.25) is 19.2 Å². The summed E-state index contributed by atoms with van der Waals surface area (Å²) >= 11 is 0. The van der Waals surface area contributed by atoms with Gasteiger partial charge in [-0.2, -0.15) is 0 Å². The first-order valence-electron chi connectivity index (χ1n) is 13.3. The summed E-state index contributed by atoms with van der Waals surface area (Å²) < 4.78 is 0. The van der Waals surface area contributed by atoms with Crippen LogP contribution in [0.15, 0.2) is 12.2 Å². The van der Waals surface area contributed by atoms with E-state index in [1.54, 1.807) is 0 Å². The maximum absolute atomic E-state index is 13.2. The second kappa shape index (κ2) is 13.2. The summed E-state index contributed by atoms with van der Waals surface area (Å²) in [5.74, 6) is -0.206. The van der Waals surface area contributed by atoms with E-state index in [-0.39, 0.29) is 40.9 Å². The molecule has 4 heteroatoms. The normalized spacial score (nSPS) is 32.8. The van der Waals surface area contributed by atoms with E-state index in [1.807, 2.05) is 6.08 Å². The molecule has 0 N–H and O–H groups in total. The van der Waals surface area contributed by atoms with E-state index in [0.29, 0.717) is 31.6 Å². The Kier molecular flexibility index (Phi) is 10.3. The largest absolute Gasteiger partial charge is 0.299 e. The van der Waals surface area contributed by atoms with Crippen LogP contribution in [0.2, 0.25) is 0 Å². The molecule has 0 spiro atoms. The first-order chi connectivity index (χ1) is 15.6. The summed E-state index contributed by atoms with van der Waals surface area (Å²) in [5.41, 5.74) is 0. The fraction of sp³-hybridized carbons (Fsp3) is 0.786. The SMILES string of the molecule is O=C1CC=CCCCCC2CCCC(C2)C(=O)C(=O)C2CCCCC2C(=O)CCCCC1. The number of Topliss-reactive ketones (excluding diaryl/α,β-unsaturated/α-hetero) is 4. The lowest BCUT2D eigenvalue weighted by molar-refractivity contribution is -0.145. The number of rotatable bonds is 0. The third kappa shape index (κ3) is 7.49. The first-order valence-corrected chi connectivity index (χ1v) is 13.3. The average Bonchev–Trinajstić information content (AvgIpc) is 2.81. The summed E-state index contributed by atoms with van der Waals surface area (Å²) in [6.07, 6.45) is 19.8. The van der Waals surface area contributed by atoms with Crippen LogP contribution in [0.1, 0.15) is 116 Å². The van der Waals surface area contributed by atoms with Gasteiger partial charge in [0.15, 0.2) is 0 Å². The molecule has 0 amide bonds. The van der Waals surface area contributed by atoms with Gasteiger partial charge in [0, 0.05) is 37.0 Å². The minimum absolute atomic E-state index is 0.126. The van der Waals surface area contributed by atoms with Crippen LogP contribution in [0.4, 0.5) is 0 Å². The molecule has 32 heavy (non-hydrogen) atoms. The number of carbonyl (C=O) groups is 4. The van der Waals surface area contributed by atoms with Crippen LogP contribution in [0.3, 0.4) is 0 Å². The molecule has 2 saturated carbocycles. The standard InChI is InChI=1S/C28H42O4/c29-23-15-6-3-1-2-5-12-21-13-11-14-22(20-21)27(31)28(32)25-18-10-9-17-24(25)26(30)19-8-4-7-16-23/h3,6,21-22,24-25H,1-2,4-5,7-20H2. The van der Waals surface area contributed by atoms with Gasteiger partial charge in [0.05, 0.1) is 0 Å². The summed E-state index contributed by atoms with van der Waals surface area (Å²) in [6.45, 7) is 0. The van der Waals surface area contributed by atoms with E-state index in [2.05, 4.69) is 6.08 Å². The summed E-state index contributed by atoms with van der Waals surface area (Å²) in [4.78, 5) is 51.4. The molecule has 4 atom stereocenters. The van der Waals surface area contributed by atoms with Gasteiger partial charge in [-0.15, -0.1) is 0 Å². The van der Waals surface area contributed by atoms with Gasteiger partial charge < -0.3 is 0 Å². The second-order valence-corrected chi connectivity index (χ2v) is 10.5. The van der Waals surface area contributed by atoms with Gasteiger partial charge in [0.25, 0.3) is 0 Å². The monoisotopic (exact) mass is 442 g/mol. The number of allylic oxidation sites excluding steroid dienone is 2. The summed E-state index contributed by atoms with van der Waals surface area (Å²) in [7, 11) is 0. The van der Waals surface area contributed by atoms with Crippen molar-refractivity contribution >= 4 is 23.1 Å². The molecule has 0 heterocycles. The van der Waals surface area contributed by atoms with Gasteiger partial charge in [0.2, 0.25) is 11.6 Å². The van der Waals surface area contributed by atoms with Crippen LogP contribution in [0.5, 0.6) is 0 Å². The third-order valence-electron chi connectivity index (χ3n) is 8.04. The Hall–Kier alpha value is -1.58. The van der Waals surface area contributed by atoms with Crippen LogP contribution in [0.25, 0.3) is 0 Å². The minimum atomic E-state index is -0.383. The molecule has 178 valence electrons. The predicted octanol–water partition coefficient (Wildman–Crippen LogP) is 6.35. The van der Waals surface area contributed by atoms with Crippen LogP contribution >= 0.6 is 0 Å². The molecule has 0 radical (unpaired) electrons. The smallest absolute Gasteiger partial charge is 0.202 e. The lowest BCUT2D eigenvalue weighted by Crippen LogP contribution is -2.39. The zero-order valence-electron chi connectivity index (χ0n) is 19.8. The zero-order chi connectivity index (χ0) is 22.8. The number of fused-ring (bicyclic) bond motifs is 3. The van der Waals surface area contributed by atoms with E-state index >= 15 is 0 Å². The molecule has 4 nitrogen and oxygen atoms in total. The predicted molar refractivity (Wildman–Crippen MR) is 126 cm³/mol. The molecule has 3 aliphatic rings. The second-order valence-electron chi connectivity index (χ2n) is 10.5. The van der Waals surface area contributed by atoms with Crippen LogP contribution < -0.4 is 0 Å². The molecule has 0 saturated heterocycles. The fourth-order valence-corrected chi connectivity index (χ4v) is 6.12. The maximum Gasteiger partial charge on any atom is 0.202 e. The highest BCUT2D eigenvalue weighted by Gasteiger charge is 2.40. The number of hydrogen-bond donors (Lipinski definition) is 0. The van der Waals surface area contributed by atoms with Crippen molar-refractivity contribution in [2.45, 2.75) is 116 Å². The van der Waals surface area contributed by atoms with E-state index in [4.69, 9.17) is 0 Å². The van der Waals surface area contributed by atoms with E-state index in [9.17, 15) is 19.2 Å².